The van der Waals surface area contributed by atoms with Crippen molar-refractivity contribution >= 4 is 5.78 Å². The van der Waals surface area contributed by atoms with Crippen molar-refractivity contribution in [1.29, 1.82) is 0 Å². The molecule has 0 bridgehead atoms. The molecule has 0 saturated carbocycles. The summed E-state index contributed by atoms with van der Waals surface area (Å²) in [6.07, 6.45) is 6.12. The molecule has 15 heavy (non-hydrogen) atoms. The first-order chi connectivity index (χ1) is 6.45. The van der Waals surface area contributed by atoms with Gasteiger partial charge in [-0.05, 0) is 6.92 Å². The van der Waals surface area contributed by atoms with Gasteiger partial charge in [0.05, 0.1) is 0 Å². The van der Waals surface area contributed by atoms with E-state index in [1.165, 1.54) is 0 Å². The average Bonchev–Trinajstić information content (AvgIpc) is 2.16. The Morgan fingerprint density at radius 1 is 0.867 bits per heavy atom. The van der Waals surface area contributed by atoms with Crippen LogP contribution in [-0.4, -0.2) is 5.78 Å². The van der Waals surface area contributed by atoms with Crippen molar-refractivity contribution in [2.75, 3.05) is 0 Å². The van der Waals surface area contributed by atoms with Gasteiger partial charge < -0.3 is 0 Å². The van der Waals surface area contributed by atoms with Crippen molar-refractivity contribution in [3.05, 3.63) is 34.4 Å². The topological polar surface area (TPSA) is 17.1 Å². The minimum absolute atomic E-state index is 0. The molecule has 0 aromatic rings. The van der Waals surface area contributed by atoms with Crippen molar-refractivity contribution in [1.82, 2.24) is 0 Å². The summed E-state index contributed by atoms with van der Waals surface area (Å²) in [4.78, 5) is 11.3. The van der Waals surface area contributed by atoms with E-state index in [1.54, 1.807) is 6.92 Å². The van der Waals surface area contributed by atoms with Crippen LogP contribution in [-0.2, 0) is 37.5 Å². The summed E-state index contributed by atoms with van der Waals surface area (Å²) in [5, 5.41) is 0. The van der Waals surface area contributed by atoms with E-state index in [0.717, 1.165) is 22.3 Å². The van der Waals surface area contributed by atoms with Gasteiger partial charge in [0.2, 0.25) is 0 Å². The molecule has 0 aromatic heterocycles. The van der Waals surface area contributed by atoms with Crippen molar-refractivity contribution in [2.45, 2.75) is 41.5 Å². The number of carbonyl (C=O) groups excluding carboxylic acids is 1. The molecule has 0 aliphatic heterocycles. The molecule has 0 heterocycles. The molecule has 0 amide bonds. The molecule has 0 aromatic carbocycles. The fraction of sp³-hybridized carbons (Fsp3) is 0.462. The minimum atomic E-state index is 0. The standard InChI is InChI=1S/C13H18O.Y/c1-7-9(3)13(10(4)8-2)11(5)12(6)14;/h1-6H3;/q-2;. The third-order valence-electron chi connectivity index (χ3n) is 2.40. The molecule has 0 fully saturated rings. The van der Waals surface area contributed by atoms with E-state index >= 15 is 0 Å². The van der Waals surface area contributed by atoms with Crippen molar-refractivity contribution in [2.24, 2.45) is 0 Å². The molecule has 81 valence electrons. The largest absolute Gasteiger partial charge is 0.297 e. The molecule has 0 rings (SSSR count). The van der Waals surface area contributed by atoms with Crippen LogP contribution in [0.25, 0.3) is 0 Å². The van der Waals surface area contributed by atoms with Gasteiger partial charge in [-0.2, -0.15) is 5.57 Å². The molecule has 0 aliphatic rings. The fourth-order valence-corrected chi connectivity index (χ4v) is 1.27. The van der Waals surface area contributed by atoms with Gasteiger partial charge in [-0.15, -0.1) is 13.8 Å². The first kappa shape index (κ1) is 17.4. The van der Waals surface area contributed by atoms with E-state index in [9.17, 15) is 4.79 Å². The molecular weight excluding hydrogens is 261 g/mol. The van der Waals surface area contributed by atoms with Crippen LogP contribution in [0.15, 0.2) is 22.3 Å². The van der Waals surface area contributed by atoms with E-state index in [1.807, 2.05) is 34.6 Å². The summed E-state index contributed by atoms with van der Waals surface area (Å²) in [7, 11) is 0. The number of hydrogen-bond donors (Lipinski definition) is 0. The SMILES string of the molecule is C[C-]=C(C)C(C(C)=[C-]C)=C(C)C(C)=O.[Y]. The second-order valence-electron chi connectivity index (χ2n) is 3.31. The van der Waals surface area contributed by atoms with E-state index in [-0.39, 0.29) is 38.5 Å². The summed E-state index contributed by atoms with van der Waals surface area (Å²) in [5.74, 6) is 0.101. The predicted molar refractivity (Wildman–Crippen MR) is 59.6 cm³/mol. The van der Waals surface area contributed by atoms with Crippen molar-refractivity contribution in [3.63, 3.8) is 0 Å². The predicted octanol–water partition coefficient (Wildman–Crippen LogP) is 3.43. The number of carbonyl (C=O) groups is 1. The van der Waals surface area contributed by atoms with Gasteiger partial charge in [0, 0.05) is 32.7 Å². The Balaban J connectivity index is 0. The van der Waals surface area contributed by atoms with Crippen LogP contribution in [0.4, 0.5) is 0 Å². The molecule has 0 atom stereocenters. The molecular formula is C13H18OY-2. The van der Waals surface area contributed by atoms with E-state index in [0.29, 0.717) is 0 Å². The Hall–Kier alpha value is -0.00610. The van der Waals surface area contributed by atoms with E-state index in [2.05, 4.69) is 12.2 Å². The molecule has 0 saturated heterocycles. The molecule has 0 N–H and O–H groups in total. The zero-order valence-corrected chi connectivity index (χ0v) is 13.3. The van der Waals surface area contributed by atoms with Gasteiger partial charge in [-0.1, -0.05) is 26.3 Å². The molecule has 2 heteroatoms. The van der Waals surface area contributed by atoms with E-state index < -0.39 is 0 Å². The Morgan fingerprint density at radius 3 is 1.40 bits per heavy atom. The Labute approximate surface area is 119 Å². The average molecular weight is 279 g/mol. The third-order valence-corrected chi connectivity index (χ3v) is 2.40. The Bertz CT molecular complexity index is 299. The summed E-state index contributed by atoms with van der Waals surface area (Å²) < 4.78 is 0. The maximum Gasteiger partial charge on any atom is 0.138 e. The van der Waals surface area contributed by atoms with Gasteiger partial charge in [0.25, 0.3) is 0 Å². The molecule has 1 nitrogen and oxygen atoms in total. The molecule has 0 unspecified atom stereocenters. The number of rotatable bonds is 3. The van der Waals surface area contributed by atoms with Crippen LogP contribution in [0.1, 0.15) is 41.5 Å². The van der Waals surface area contributed by atoms with Crippen LogP contribution >= 0.6 is 0 Å². The first-order valence-electron chi connectivity index (χ1n) is 4.70. The van der Waals surface area contributed by atoms with E-state index in [4.69, 9.17) is 0 Å². The summed E-state index contributed by atoms with van der Waals surface area (Å²) in [5.41, 5.74) is 3.76. The smallest absolute Gasteiger partial charge is 0.138 e. The van der Waals surface area contributed by atoms with Gasteiger partial charge in [-0.3, -0.25) is 16.9 Å². The number of hydrogen-bond acceptors (Lipinski definition) is 1. The van der Waals surface area contributed by atoms with Crippen LogP contribution < -0.4 is 0 Å². The van der Waals surface area contributed by atoms with Gasteiger partial charge in [-0.25, -0.2) is 11.1 Å². The zero-order valence-electron chi connectivity index (χ0n) is 10.5. The van der Waals surface area contributed by atoms with Crippen molar-refractivity contribution in [3.8, 4) is 0 Å². The van der Waals surface area contributed by atoms with Crippen LogP contribution in [0.5, 0.6) is 0 Å². The molecule has 0 spiro atoms. The summed E-state index contributed by atoms with van der Waals surface area (Å²) in [6, 6.07) is 0. The monoisotopic (exact) mass is 279 g/mol. The number of Topliss-reactive ketones (excluding diaryl/α,β-unsaturated/α-hetero) is 1. The normalized spacial score (nSPS) is 11.9. The summed E-state index contributed by atoms with van der Waals surface area (Å²) >= 11 is 0. The maximum atomic E-state index is 11.3. The molecule has 0 aliphatic carbocycles. The van der Waals surface area contributed by atoms with Crippen molar-refractivity contribution < 1.29 is 37.5 Å². The summed E-state index contributed by atoms with van der Waals surface area (Å²) in [6.45, 7) is 11.1. The van der Waals surface area contributed by atoms with Gasteiger partial charge in [0.15, 0.2) is 0 Å². The Morgan fingerprint density at radius 2 is 1.20 bits per heavy atom. The van der Waals surface area contributed by atoms with Crippen LogP contribution in [0.2, 0.25) is 0 Å². The zero-order chi connectivity index (χ0) is 11.3. The number of ketones is 1. The van der Waals surface area contributed by atoms with Gasteiger partial charge >= 0.3 is 0 Å². The Kier molecular flexibility index (Phi) is 9.49. The fourth-order valence-electron chi connectivity index (χ4n) is 1.27. The van der Waals surface area contributed by atoms with Crippen LogP contribution in [0.3, 0.4) is 0 Å². The van der Waals surface area contributed by atoms with Crippen LogP contribution in [0, 0.1) is 12.2 Å². The third kappa shape index (κ3) is 5.04. The quantitative estimate of drug-likeness (QED) is 0.439. The molecule has 1 radical (unpaired) electrons. The number of allylic oxidation sites excluding steroid dienone is 6. The maximum absolute atomic E-state index is 11.3. The van der Waals surface area contributed by atoms with Gasteiger partial charge in [0.1, 0.15) is 5.78 Å². The second kappa shape index (κ2) is 8.18. The minimum Gasteiger partial charge on any atom is -0.297 e. The first-order valence-corrected chi connectivity index (χ1v) is 4.70. The second-order valence-corrected chi connectivity index (χ2v) is 3.31.